The molecule has 0 saturated carbocycles. The Bertz CT molecular complexity index is 647. The lowest BCUT2D eigenvalue weighted by Gasteiger charge is -2.41. The van der Waals surface area contributed by atoms with E-state index in [1.165, 1.54) is 33.4 Å². The number of hydrogen-bond acceptors (Lipinski definition) is 0. The highest BCUT2D eigenvalue weighted by Crippen LogP contribution is 2.54. The van der Waals surface area contributed by atoms with Crippen molar-refractivity contribution >= 4 is 0 Å². The highest BCUT2D eigenvalue weighted by atomic mass is 14.4. The molecule has 92 valence electrons. The van der Waals surface area contributed by atoms with Gasteiger partial charge in [-0.15, -0.1) is 0 Å². The molecule has 0 spiro atoms. The van der Waals surface area contributed by atoms with Crippen LogP contribution >= 0.6 is 0 Å². The third-order valence-corrected chi connectivity index (χ3v) is 4.73. The predicted octanol–water partition coefficient (Wildman–Crippen LogP) is 4.27. The second-order valence-electron chi connectivity index (χ2n) is 5.61. The molecular formula is C20H12. The van der Waals surface area contributed by atoms with Gasteiger partial charge in [-0.3, -0.25) is 0 Å². The Morgan fingerprint density at radius 1 is 0.500 bits per heavy atom. The molecule has 0 amide bonds. The van der Waals surface area contributed by atoms with E-state index in [4.69, 9.17) is 0 Å². The molecule has 3 aromatic rings. The summed E-state index contributed by atoms with van der Waals surface area (Å²) in [6, 6.07) is 28.3. The Labute approximate surface area is 118 Å². The molecule has 0 radical (unpaired) electrons. The van der Waals surface area contributed by atoms with Crippen LogP contribution in [0.25, 0.3) is 0 Å². The summed E-state index contributed by atoms with van der Waals surface area (Å²) in [6.45, 7) is 0. The Hall–Kier alpha value is -2.52. The molecule has 0 unspecified atom stereocenters. The van der Waals surface area contributed by atoms with Crippen molar-refractivity contribution in [3.05, 3.63) is 106 Å². The van der Waals surface area contributed by atoms with Gasteiger partial charge < -0.3 is 0 Å². The first-order chi connectivity index (χ1) is 9.95. The van der Waals surface area contributed by atoms with Crippen molar-refractivity contribution in [2.75, 3.05) is 0 Å². The predicted molar refractivity (Wildman–Crippen MR) is 78.9 cm³/mol. The van der Waals surface area contributed by atoms with E-state index in [2.05, 4.69) is 72.8 Å². The monoisotopic (exact) mass is 252 g/mol. The third kappa shape index (κ3) is 1.09. The lowest BCUT2D eigenvalue weighted by molar-refractivity contribution is 0.755. The summed E-state index contributed by atoms with van der Waals surface area (Å²) in [5.41, 5.74) is 8.66. The SMILES string of the molecule is c1cc2c(cc#1)C1c3ccccc3C2c2ccccc21. The van der Waals surface area contributed by atoms with Gasteiger partial charge in [0, 0.05) is 11.8 Å². The minimum absolute atomic E-state index is 0.369. The van der Waals surface area contributed by atoms with Crippen molar-refractivity contribution in [3.63, 3.8) is 0 Å². The lowest BCUT2D eigenvalue weighted by atomic mass is 9.61. The van der Waals surface area contributed by atoms with Gasteiger partial charge >= 0.3 is 0 Å². The summed E-state index contributed by atoms with van der Waals surface area (Å²) in [6.07, 6.45) is 0. The first-order valence-corrected chi connectivity index (χ1v) is 7.04. The van der Waals surface area contributed by atoms with Gasteiger partial charge in [-0.25, -0.2) is 0 Å². The Kier molecular flexibility index (Phi) is 1.81. The first kappa shape index (κ1) is 10.3. The van der Waals surface area contributed by atoms with Gasteiger partial charge in [-0.1, -0.05) is 60.7 Å². The Morgan fingerprint density at radius 2 is 0.850 bits per heavy atom. The van der Waals surface area contributed by atoms with Crippen molar-refractivity contribution in [1.82, 2.24) is 0 Å². The molecule has 3 aliphatic rings. The fourth-order valence-corrected chi connectivity index (χ4v) is 3.98. The Balaban J connectivity index is 1.93. The van der Waals surface area contributed by atoms with Crippen LogP contribution in [0.4, 0.5) is 0 Å². The molecule has 3 aliphatic carbocycles. The quantitative estimate of drug-likeness (QED) is 0.386. The molecule has 0 aliphatic heterocycles. The van der Waals surface area contributed by atoms with Crippen LogP contribution in [-0.2, 0) is 0 Å². The molecule has 2 bridgehead atoms. The number of hydrogen-bond donors (Lipinski definition) is 0. The highest BCUT2D eigenvalue weighted by molar-refractivity contribution is 5.67. The summed E-state index contributed by atoms with van der Waals surface area (Å²) in [5, 5.41) is 0. The summed E-state index contributed by atoms with van der Waals surface area (Å²) in [5.74, 6) is 0.737. The Morgan fingerprint density at radius 3 is 1.20 bits per heavy atom. The van der Waals surface area contributed by atoms with E-state index in [1.807, 2.05) is 0 Å². The molecule has 0 N–H and O–H groups in total. The normalized spacial score (nSPS) is 20.6. The summed E-state index contributed by atoms with van der Waals surface area (Å²) < 4.78 is 0. The van der Waals surface area contributed by atoms with Crippen LogP contribution in [-0.4, -0.2) is 0 Å². The zero-order chi connectivity index (χ0) is 13.1. The molecule has 0 nitrogen and oxygen atoms in total. The van der Waals surface area contributed by atoms with E-state index < -0.39 is 0 Å². The molecular weight excluding hydrogens is 240 g/mol. The molecule has 6 rings (SSSR count). The summed E-state index contributed by atoms with van der Waals surface area (Å²) in [7, 11) is 0. The minimum atomic E-state index is 0.369. The van der Waals surface area contributed by atoms with Crippen LogP contribution in [0.15, 0.2) is 60.7 Å². The molecule has 0 heteroatoms. The van der Waals surface area contributed by atoms with E-state index in [-0.39, 0.29) is 0 Å². The lowest BCUT2D eigenvalue weighted by Crippen LogP contribution is -2.27. The number of rotatable bonds is 0. The maximum atomic E-state index is 3.14. The highest BCUT2D eigenvalue weighted by Gasteiger charge is 2.40. The van der Waals surface area contributed by atoms with Crippen molar-refractivity contribution in [2.45, 2.75) is 11.8 Å². The van der Waals surface area contributed by atoms with Gasteiger partial charge in [-0.2, -0.15) is 0 Å². The third-order valence-electron chi connectivity index (χ3n) is 4.73. The topological polar surface area (TPSA) is 0 Å². The summed E-state index contributed by atoms with van der Waals surface area (Å²) >= 11 is 0. The second-order valence-corrected chi connectivity index (χ2v) is 5.61. The van der Waals surface area contributed by atoms with E-state index in [1.54, 1.807) is 0 Å². The van der Waals surface area contributed by atoms with Crippen LogP contribution < -0.4 is 0 Å². The van der Waals surface area contributed by atoms with Gasteiger partial charge in [0.05, 0.1) is 0 Å². The largest absolute Gasteiger partial charge is 0.0699 e. The average Bonchev–Trinajstić information content (AvgIpc) is 2.54. The van der Waals surface area contributed by atoms with Crippen molar-refractivity contribution in [2.24, 2.45) is 0 Å². The fraction of sp³-hybridized carbons (Fsp3) is 0.100. The summed E-state index contributed by atoms with van der Waals surface area (Å²) in [4.78, 5) is 0. The van der Waals surface area contributed by atoms with Crippen molar-refractivity contribution in [3.8, 4) is 0 Å². The average molecular weight is 252 g/mol. The molecule has 0 atom stereocenters. The molecule has 0 aromatic heterocycles. The smallest absolute Gasteiger partial charge is 0.0355 e. The van der Waals surface area contributed by atoms with Gasteiger partial charge in [0.2, 0.25) is 0 Å². The maximum absolute atomic E-state index is 3.14. The van der Waals surface area contributed by atoms with E-state index >= 15 is 0 Å². The van der Waals surface area contributed by atoms with E-state index in [9.17, 15) is 0 Å². The van der Waals surface area contributed by atoms with Crippen LogP contribution in [0.1, 0.15) is 45.2 Å². The van der Waals surface area contributed by atoms with Crippen molar-refractivity contribution < 1.29 is 0 Å². The zero-order valence-corrected chi connectivity index (χ0v) is 10.9. The maximum Gasteiger partial charge on any atom is 0.0355 e. The zero-order valence-electron chi connectivity index (χ0n) is 10.9. The molecule has 3 aromatic carbocycles. The van der Waals surface area contributed by atoms with Gasteiger partial charge in [0.25, 0.3) is 0 Å². The molecule has 0 fully saturated rings. The van der Waals surface area contributed by atoms with Gasteiger partial charge in [0.1, 0.15) is 0 Å². The van der Waals surface area contributed by atoms with Gasteiger partial charge in [0.15, 0.2) is 0 Å². The first-order valence-electron chi connectivity index (χ1n) is 7.04. The molecule has 20 heavy (non-hydrogen) atoms. The second kappa shape index (κ2) is 3.52. The van der Waals surface area contributed by atoms with Crippen LogP contribution in [0.2, 0.25) is 0 Å². The fourth-order valence-electron chi connectivity index (χ4n) is 3.98. The number of benzene rings is 2. The minimum Gasteiger partial charge on any atom is -0.0699 e. The standard InChI is InChI=1S/C20H12/c1-2-8-14-13(7-1)19-15-9-3-5-11-17(15)20(14)18-12-6-4-10-16(18)19/h1-3,5,7-12,19-20H. The molecule has 0 heterocycles. The van der Waals surface area contributed by atoms with Gasteiger partial charge in [-0.05, 0) is 45.5 Å². The van der Waals surface area contributed by atoms with E-state index in [0.717, 1.165) is 0 Å². The van der Waals surface area contributed by atoms with Crippen molar-refractivity contribution in [1.29, 1.82) is 0 Å². The van der Waals surface area contributed by atoms with E-state index in [0.29, 0.717) is 11.8 Å². The van der Waals surface area contributed by atoms with Crippen LogP contribution in [0, 0.1) is 12.1 Å². The van der Waals surface area contributed by atoms with Crippen LogP contribution in [0.3, 0.4) is 0 Å². The van der Waals surface area contributed by atoms with Crippen LogP contribution in [0.5, 0.6) is 0 Å². The molecule has 0 saturated heterocycles.